The number of nitrogens with one attached hydrogen (secondary N) is 1. The van der Waals surface area contributed by atoms with Crippen molar-refractivity contribution in [1.29, 1.82) is 0 Å². The molecule has 5 rings (SSSR count). The molecule has 10 heteroatoms. The Kier molecular flexibility index (Phi) is 6.40. The maximum atomic E-state index is 13.8. The van der Waals surface area contributed by atoms with Crippen LogP contribution in [0.1, 0.15) is 65.8 Å². The predicted molar refractivity (Wildman–Crippen MR) is 141 cm³/mol. The molecule has 0 aliphatic carbocycles. The summed E-state index contributed by atoms with van der Waals surface area (Å²) in [6.07, 6.45) is 6.97. The minimum Gasteiger partial charge on any atom is -0.356 e. The first-order chi connectivity index (χ1) is 17.1. The highest BCUT2D eigenvalue weighted by Crippen LogP contribution is 2.34. The van der Waals surface area contributed by atoms with Crippen molar-refractivity contribution in [3.05, 3.63) is 52.8 Å². The first-order valence-corrected chi connectivity index (χ1v) is 14.5. The normalized spacial score (nSPS) is 20.8. The Bertz CT molecular complexity index is 1420. The quantitative estimate of drug-likeness (QED) is 0.558. The third kappa shape index (κ3) is 4.91. The van der Waals surface area contributed by atoms with Gasteiger partial charge in [0.25, 0.3) is 5.91 Å². The highest BCUT2D eigenvalue weighted by Gasteiger charge is 2.32. The van der Waals surface area contributed by atoms with Crippen LogP contribution in [-0.2, 0) is 10.0 Å². The molecule has 9 nitrogen and oxygen atoms in total. The number of hydrogen-bond donors (Lipinski definition) is 1. The third-order valence-corrected chi connectivity index (χ3v) is 7.74. The van der Waals surface area contributed by atoms with Crippen molar-refractivity contribution in [3.8, 4) is 0 Å². The van der Waals surface area contributed by atoms with Crippen LogP contribution in [-0.4, -0.2) is 59.7 Å². The Morgan fingerprint density at radius 3 is 2.64 bits per heavy atom. The number of likely N-dealkylation sites (tertiary alicyclic amines) is 1. The van der Waals surface area contributed by atoms with Crippen LogP contribution in [0.15, 0.2) is 30.5 Å². The standard InChI is InChI=1S/C26H34N6O3S/c1-17-8-9-21(29-36(4,34)35)20(13-17)26(33)31-11-6-5-7-23(31)22-14-24-27-25(19(3)16-32(24)28-22)30-12-10-18(2)15-30/h8-9,13-14,16,18,23,29H,5-7,10-12,15H2,1-4H3/t18-,23+/m1/s1. The summed E-state index contributed by atoms with van der Waals surface area (Å²) in [5.74, 6) is 1.47. The summed E-state index contributed by atoms with van der Waals surface area (Å²) in [6.45, 7) is 8.84. The van der Waals surface area contributed by atoms with Crippen LogP contribution in [0.5, 0.6) is 0 Å². The molecule has 2 aliphatic heterocycles. The molecule has 0 saturated carbocycles. The Morgan fingerprint density at radius 2 is 1.92 bits per heavy atom. The molecule has 0 spiro atoms. The molecule has 2 fully saturated rings. The number of aromatic nitrogens is 3. The van der Waals surface area contributed by atoms with E-state index in [9.17, 15) is 13.2 Å². The van der Waals surface area contributed by atoms with Crippen LogP contribution in [0.25, 0.3) is 5.65 Å². The van der Waals surface area contributed by atoms with Gasteiger partial charge in [-0.1, -0.05) is 18.6 Å². The lowest BCUT2D eigenvalue weighted by atomic mass is 9.97. The topological polar surface area (TPSA) is 99.9 Å². The average Bonchev–Trinajstić information content (AvgIpc) is 3.44. The Labute approximate surface area is 212 Å². The fraction of sp³-hybridized carbons (Fsp3) is 0.500. The second kappa shape index (κ2) is 9.38. The lowest BCUT2D eigenvalue weighted by molar-refractivity contribution is 0.0606. The minimum atomic E-state index is -3.53. The van der Waals surface area contributed by atoms with E-state index in [0.29, 0.717) is 23.7 Å². The number of amides is 1. The van der Waals surface area contributed by atoms with Gasteiger partial charge < -0.3 is 9.80 Å². The first-order valence-electron chi connectivity index (χ1n) is 12.6. The van der Waals surface area contributed by atoms with Gasteiger partial charge in [0, 0.05) is 37.5 Å². The molecule has 1 amide bonds. The molecule has 1 aromatic carbocycles. The van der Waals surface area contributed by atoms with E-state index in [1.54, 1.807) is 18.2 Å². The maximum Gasteiger partial charge on any atom is 0.256 e. The molecule has 0 radical (unpaired) electrons. The highest BCUT2D eigenvalue weighted by atomic mass is 32.2. The Morgan fingerprint density at radius 1 is 1.11 bits per heavy atom. The average molecular weight is 511 g/mol. The predicted octanol–water partition coefficient (Wildman–Crippen LogP) is 3.93. The summed E-state index contributed by atoms with van der Waals surface area (Å²) >= 11 is 0. The second-order valence-corrected chi connectivity index (χ2v) is 12.1. The van der Waals surface area contributed by atoms with Gasteiger partial charge in [0.15, 0.2) is 5.65 Å². The number of carbonyl (C=O) groups excluding carboxylic acids is 1. The van der Waals surface area contributed by atoms with Gasteiger partial charge in [-0.25, -0.2) is 17.9 Å². The molecule has 36 heavy (non-hydrogen) atoms. The molecule has 1 N–H and O–H groups in total. The van der Waals surface area contributed by atoms with Crippen LogP contribution < -0.4 is 9.62 Å². The van der Waals surface area contributed by atoms with Gasteiger partial charge in [-0.3, -0.25) is 9.52 Å². The van der Waals surface area contributed by atoms with Crippen LogP contribution in [0.4, 0.5) is 11.5 Å². The fourth-order valence-corrected chi connectivity index (χ4v) is 5.97. The third-order valence-electron chi connectivity index (χ3n) is 7.15. The van der Waals surface area contributed by atoms with Crippen molar-refractivity contribution < 1.29 is 13.2 Å². The summed E-state index contributed by atoms with van der Waals surface area (Å²) in [4.78, 5) is 22.9. The summed E-state index contributed by atoms with van der Waals surface area (Å²) < 4.78 is 28.2. The van der Waals surface area contributed by atoms with Crippen molar-refractivity contribution in [2.45, 2.75) is 52.5 Å². The smallest absolute Gasteiger partial charge is 0.256 e. The number of hydrogen-bond acceptors (Lipinski definition) is 6. The van der Waals surface area contributed by atoms with E-state index in [1.165, 1.54) is 6.42 Å². The number of rotatable bonds is 5. The monoisotopic (exact) mass is 510 g/mol. The van der Waals surface area contributed by atoms with E-state index < -0.39 is 10.0 Å². The summed E-state index contributed by atoms with van der Waals surface area (Å²) in [5.41, 5.74) is 4.22. The molecule has 4 heterocycles. The molecule has 2 atom stereocenters. The van der Waals surface area contributed by atoms with Crippen LogP contribution in [0.2, 0.25) is 0 Å². The maximum absolute atomic E-state index is 13.8. The number of nitrogens with zero attached hydrogens (tertiary/aromatic N) is 5. The van der Waals surface area contributed by atoms with E-state index in [0.717, 1.165) is 66.9 Å². The van der Waals surface area contributed by atoms with E-state index >= 15 is 0 Å². The molecule has 2 aliphatic rings. The van der Waals surface area contributed by atoms with Crippen molar-refractivity contribution in [2.75, 3.05) is 35.5 Å². The van der Waals surface area contributed by atoms with Gasteiger partial charge in [-0.2, -0.15) is 5.10 Å². The SMILES string of the molecule is Cc1ccc(NS(C)(=O)=O)c(C(=O)N2CCCC[C@H]2c2cc3nc(N4CC[C@@H](C)C4)c(C)cn3n2)c1. The molecule has 192 valence electrons. The zero-order valence-corrected chi connectivity index (χ0v) is 22.2. The van der Waals surface area contributed by atoms with E-state index in [1.807, 2.05) is 28.6 Å². The zero-order valence-electron chi connectivity index (χ0n) is 21.4. The molecule has 0 unspecified atom stereocenters. The van der Waals surface area contributed by atoms with Crippen LogP contribution in [0, 0.1) is 19.8 Å². The second-order valence-electron chi connectivity index (χ2n) is 10.4. The van der Waals surface area contributed by atoms with Gasteiger partial charge in [0.1, 0.15) is 5.82 Å². The lowest BCUT2D eigenvalue weighted by Crippen LogP contribution is -2.39. The number of anilines is 2. The van der Waals surface area contributed by atoms with E-state index in [2.05, 4.69) is 23.5 Å². The Balaban J connectivity index is 1.49. The molecule has 2 aromatic heterocycles. The largest absolute Gasteiger partial charge is 0.356 e. The summed E-state index contributed by atoms with van der Waals surface area (Å²) in [7, 11) is -3.53. The molecule has 0 bridgehead atoms. The van der Waals surface area contributed by atoms with Gasteiger partial charge in [0.2, 0.25) is 10.0 Å². The molecular formula is C26H34N6O3S. The number of carbonyl (C=O) groups is 1. The van der Waals surface area contributed by atoms with Gasteiger partial charge in [0.05, 0.1) is 29.2 Å². The number of fused-ring (bicyclic) bond motifs is 1. The highest BCUT2D eigenvalue weighted by molar-refractivity contribution is 7.92. The first kappa shape index (κ1) is 24.5. The van der Waals surface area contributed by atoms with Crippen molar-refractivity contribution in [3.63, 3.8) is 0 Å². The number of benzene rings is 1. The van der Waals surface area contributed by atoms with Gasteiger partial charge in [-0.05, 0) is 57.6 Å². The van der Waals surface area contributed by atoms with Gasteiger partial charge >= 0.3 is 0 Å². The van der Waals surface area contributed by atoms with Crippen molar-refractivity contribution >= 4 is 33.1 Å². The fourth-order valence-electron chi connectivity index (χ4n) is 5.39. The number of aryl methyl sites for hydroxylation is 2. The zero-order chi connectivity index (χ0) is 25.6. The molecular weight excluding hydrogens is 476 g/mol. The molecule has 3 aromatic rings. The van der Waals surface area contributed by atoms with Crippen LogP contribution in [0.3, 0.4) is 0 Å². The van der Waals surface area contributed by atoms with Crippen LogP contribution >= 0.6 is 0 Å². The van der Waals surface area contributed by atoms with E-state index in [-0.39, 0.29) is 11.9 Å². The van der Waals surface area contributed by atoms with Gasteiger partial charge in [-0.15, -0.1) is 0 Å². The molecule has 2 saturated heterocycles. The summed E-state index contributed by atoms with van der Waals surface area (Å²) in [5, 5.41) is 4.84. The lowest BCUT2D eigenvalue weighted by Gasteiger charge is -2.35. The van der Waals surface area contributed by atoms with E-state index in [4.69, 9.17) is 10.1 Å². The van der Waals surface area contributed by atoms with Crippen molar-refractivity contribution in [1.82, 2.24) is 19.5 Å². The van der Waals surface area contributed by atoms with Crippen molar-refractivity contribution in [2.24, 2.45) is 5.92 Å². The minimum absolute atomic E-state index is 0.192. The summed E-state index contributed by atoms with van der Waals surface area (Å²) in [6, 6.07) is 6.99. The number of sulfonamides is 1. The number of piperidine rings is 1. The Hall–Kier alpha value is -3.14.